The van der Waals surface area contributed by atoms with Crippen molar-refractivity contribution in [2.24, 2.45) is 0 Å². The largest absolute Gasteiger partial charge is 0.384 e. The first-order chi connectivity index (χ1) is 9.06. The van der Waals surface area contributed by atoms with E-state index in [1.54, 1.807) is 24.3 Å². The van der Waals surface area contributed by atoms with Crippen LogP contribution in [0.25, 0.3) is 0 Å². The average Bonchev–Trinajstić information content (AvgIpc) is 2.40. The summed E-state index contributed by atoms with van der Waals surface area (Å²) in [6.07, 6.45) is 1.46. The van der Waals surface area contributed by atoms with Crippen LogP contribution in [0.4, 0.5) is 5.82 Å². The number of rotatable bonds is 3. The second-order valence-electron chi connectivity index (χ2n) is 4.22. The van der Waals surface area contributed by atoms with Crippen LogP contribution in [0.5, 0.6) is 0 Å². The average molecular weight is 276 g/mol. The lowest BCUT2D eigenvalue weighted by atomic mass is 10.1. The zero-order valence-electron chi connectivity index (χ0n) is 10.4. The van der Waals surface area contributed by atoms with Gasteiger partial charge in [0.05, 0.1) is 11.6 Å². The summed E-state index contributed by atoms with van der Waals surface area (Å²) in [7, 11) is 0. The van der Waals surface area contributed by atoms with Gasteiger partial charge in [-0.05, 0) is 36.8 Å². The van der Waals surface area contributed by atoms with Crippen LogP contribution in [0.1, 0.15) is 28.9 Å². The van der Waals surface area contributed by atoms with E-state index in [4.69, 9.17) is 17.3 Å². The monoisotopic (exact) mass is 275 g/mol. The lowest BCUT2D eigenvalue weighted by molar-refractivity contribution is 0.0939. The van der Waals surface area contributed by atoms with Crippen molar-refractivity contribution in [2.75, 3.05) is 5.73 Å². The maximum absolute atomic E-state index is 12.0. The predicted octanol–water partition coefficient (Wildman–Crippen LogP) is 2.81. The Hall–Kier alpha value is -2.07. The summed E-state index contributed by atoms with van der Waals surface area (Å²) in [6.45, 7) is 1.91. The fourth-order valence-corrected chi connectivity index (χ4v) is 1.78. The molecule has 1 atom stereocenters. The van der Waals surface area contributed by atoms with E-state index in [1.165, 1.54) is 6.20 Å². The molecule has 0 aliphatic carbocycles. The van der Waals surface area contributed by atoms with Crippen LogP contribution in [-0.2, 0) is 0 Å². The number of nitrogens with two attached hydrogens (primary N) is 1. The molecule has 2 aromatic rings. The third-order valence-corrected chi connectivity index (χ3v) is 3.02. The van der Waals surface area contributed by atoms with E-state index < -0.39 is 0 Å². The van der Waals surface area contributed by atoms with E-state index in [9.17, 15) is 4.79 Å². The van der Waals surface area contributed by atoms with Crippen molar-refractivity contribution in [1.29, 1.82) is 0 Å². The Morgan fingerprint density at radius 3 is 2.53 bits per heavy atom. The molecular formula is C14H14ClN3O. The highest BCUT2D eigenvalue weighted by molar-refractivity contribution is 6.30. The van der Waals surface area contributed by atoms with Crippen LogP contribution in [0.15, 0.2) is 42.6 Å². The lowest BCUT2D eigenvalue weighted by Gasteiger charge is -2.14. The van der Waals surface area contributed by atoms with E-state index in [2.05, 4.69) is 10.3 Å². The summed E-state index contributed by atoms with van der Waals surface area (Å²) in [4.78, 5) is 15.9. The second kappa shape index (κ2) is 5.71. The number of aromatic nitrogens is 1. The molecule has 19 heavy (non-hydrogen) atoms. The molecule has 0 radical (unpaired) electrons. The number of amides is 1. The number of nitrogen functional groups attached to an aromatic ring is 1. The number of carbonyl (C=O) groups excluding carboxylic acids is 1. The van der Waals surface area contributed by atoms with Gasteiger partial charge >= 0.3 is 0 Å². The van der Waals surface area contributed by atoms with Crippen molar-refractivity contribution in [2.45, 2.75) is 13.0 Å². The van der Waals surface area contributed by atoms with E-state index in [0.29, 0.717) is 16.4 Å². The molecule has 1 amide bonds. The quantitative estimate of drug-likeness (QED) is 0.905. The Balaban J connectivity index is 2.06. The highest BCUT2D eigenvalue weighted by Gasteiger charge is 2.11. The molecule has 0 saturated heterocycles. The zero-order valence-corrected chi connectivity index (χ0v) is 11.2. The second-order valence-corrected chi connectivity index (χ2v) is 4.65. The SMILES string of the molecule is CC(NC(=O)c1ccc(N)nc1)c1ccc(Cl)cc1. The molecule has 1 unspecified atom stereocenters. The Morgan fingerprint density at radius 1 is 1.26 bits per heavy atom. The molecule has 1 aromatic heterocycles. The molecule has 3 N–H and O–H groups in total. The van der Waals surface area contributed by atoms with Gasteiger partial charge in [0.1, 0.15) is 5.82 Å². The number of nitrogens with one attached hydrogen (secondary N) is 1. The molecule has 0 aliphatic rings. The van der Waals surface area contributed by atoms with Gasteiger partial charge in [-0.25, -0.2) is 4.98 Å². The molecule has 98 valence electrons. The first-order valence-electron chi connectivity index (χ1n) is 5.84. The summed E-state index contributed by atoms with van der Waals surface area (Å²) >= 11 is 5.83. The van der Waals surface area contributed by atoms with Gasteiger partial charge in [0, 0.05) is 11.2 Å². The number of hydrogen-bond acceptors (Lipinski definition) is 3. The Morgan fingerprint density at radius 2 is 1.95 bits per heavy atom. The van der Waals surface area contributed by atoms with Gasteiger partial charge in [0.2, 0.25) is 0 Å². The Bertz CT molecular complexity index is 566. The van der Waals surface area contributed by atoms with Crippen molar-refractivity contribution in [1.82, 2.24) is 10.3 Å². The minimum atomic E-state index is -0.185. The Labute approximate surface area is 116 Å². The summed E-state index contributed by atoms with van der Waals surface area (Å²) in [6, 6.07) is 10.5. The van der Waals surface area contributed by atoms with Crippen LogP contribution < -0.4 is 11.1 Å². The molecule has 1 aromatic carbocycles. The van der Waals surface area contributed by atoms with Crippen molar-refractivity contribution >= 4 is 23.3 Å². The standard InChI is InChI=1S/C14H14ClN3O/c1-9(10-2-5-12(15)6-3-10)18-14(19)11-4-7-13(16)17-8-11/h2-9H,1H3,(H2,16,17)(H,18,19). The highest BCUT2D eigenvalue weighted by Crippen LogP contribution is 2.16. The van der Waals surface area contributed by atoms with Crippen LogP contribution in [0.2, 0.25) is 5.02 Å². The number of pyridine rings is 1. The molecule has 1 heterocycles. The fraction of sp³-hybridized carbons (Fsp3) is 0.143. The van der Waals surface area contributed by atoms with Gasteiger partial charge in [-0.15, -0.1) is 0 Å². The number of carbonyl (C=O) groups is 1. The van der Waals surface area contributed by atoms with Gasteiger partial charge in [-0.2, -0.15) is 0 Å². The van der Waals surface area contributed by atoms with E-state index >= 15 is 0 Å². The molecule has 0 aliphatic heterocycles. The summed E-state index contributed by atoms with van der Waals surface area (Å²) in [5.74, 6) is 0.206. The first-order valence-corrected chi connectivity index (χ1v) is 6.22. The van der Waals surface area contributed by atoms with Gasteiger partial charge < -0.3 is 11.1 Å². The third-order valence-electron chi connectivity index (χ3n) is 2.77. The number of nitrogens with zero attached hydrogens (tertiary/aromatic N) is 1. The van der Waals surface area contributed by atoms with Gasteiger partial charge in [-0.3, -0.25) is 4.79 Å². The summed E-state index contributed by atoms with van der Waals surface area (Å²) in [5, 5.41) is 3.56. The van der Waals surface area contributed by atoms with Crippen molar-refractivity contribution in [3.05, 3.63) is 58.7 Å². The van der Waals surface area contributed by atoms with Crippen LogP contribution in [0.3, 0.4) is 0 Å². The van der Waals surface area contributed by atoms with E-state index in [0.717, 1.165) is 5.56 Å². The van der Waals surface area contributed by atoms with Crippen LogP contribution in [0, 0.1) is 0 Å². The van der Waals surface area contributed by atoms with Gasteiger partial charge in [-0.1, -0.05) is 23.7 Å². The topological polar surface area (TPSA) is 68.0 Å². The molecule has 0 spiro atoms. The molecule has 2 rings (SSSR count). The molecule has 0 bridgehead atoms. The highest BCUT2D eigenvalue weighted by atomic mass is 35.5. The molecule has 0 saturated carbocycles. The number of halogens is 1. The predicted molar refractivity (Wildman–Crippen MR) is 76.0 cm³/mol. The van der Waals surface area contributed by atoms with Crippen molar-refractivity contribution in [3.8, 4) is 0 Å². The molecule has 4 nitrogen and oxygen atoms in total. The molecular weight excluding hydrogens is 262 g/mol. The number of anilines is 1. The van der Waals surface area contributed by atoms with Crippen molar-refractivity contribution in [3.63, 3.8) is 0 Å². The molecule has 5 heteroatoms. The van der Waals surface area contributed by atoms with Crippen molar-refractivity contribution < 1.29 is 4.79 Å². The minimum absolute atomic E-state index is 0.109. The number of benzene rings is 1. The fourth-order valence-electron chi connectivity index (χ4n) is 1.65. The van der Waals surface area contributed by atoms with Crippen LogP contribution >= 0.6 is 11.6 Å². The Kier molecular flexibility index (Phi) is 4.02. The zero-order chi connectivity index (χ0) is 13.8. The van der Waals surface area contributed by atoms with Gasteiger partial charge in [0.25, 0.3) is 5.91 Å². The minimum Gasteiger partial charge on any atom is -0.384 e. The third kappa shape index (κ3) is 3.45. The number of hydrogen-bond donors (Lipinski definition) is 2. The van der Waals surface area contributed by atoms with Crippen LogP contribution in [-0.4, -0.2) is 10.9 Å². The smallest absolute Gasteiger partial charge is 0.253 e. The van der Waals surface area contributed by atoms with Gasteiger partial charge in [0.15, 0.2) is 0 Å². The normalized spacial score (nSPS) is 11.9. The maximum Gasteiger partial charge on any atom is 0.253 e. The summed E-state index contributed by atoms with van der Waals surface area (Å²) < 4.78 is 0. The van der Waals surface area contributed by atoms with E-state index in [-0.39, 0.29) is 11.9 Å². The maximum atomic E-state index is 12.0. The summed E-state index contributed by atoms with van der Waals surface area (Å²) in [5.41, 5.74) is 6.95. The van der Waals surface area contributed by atoms with E-state index in [1.807, 2.05) is 19.1 Å². The lowest BCUT2D eigenvalue weighted by Crippen LogP contribution is -2.26. The molecule has 0 fully saturated rings. The first kappa shape index (κ1) is 13.4.